The summed E-state index contributed by atoms with van der Waals surface area (Å²) in [6, 6.07) is 4.08. The number of benzene rings is 1. The fourth-order valence-electron chi connectivity index (χ4n) is 2.89. The third-order valence-corrected chi connectivity index (χ3v) is 4.98. The van der Waals surface area contributed by atoms with Gasteiger partial charge in [-0.15, -0.1) is 0 Å². The molecule has 0 heterocycles. The topological polar surface area (TPSA) is 44.5 Å². The first-order valence-corrected chi connectivity index (χ1v) is 7.77. The van der Waals surface area contributed by atoms with E-state index in [0.29, 0.717) is 23.2 Å². The summed E-state index contributed by atoms with van der Waals surface area (Å²) in [5, 5.41) is 0.621. The Hall–Kier alpha value is -0.930. The maximum atomic E-state index is 6.36. The lowest BCUT2D eigenvalue weighted by Gasteiger charge is -2.41. The molecule has 0 amide bonds. The highest BCUT2D eigenvalue weighted by Crippen LogP contribution is 2.47. The molecule has 0 saturated heterocycles. The van der Waals surface area contributed by atoms with E-state index in [-0.39, 0.29) is 5.41 Å². The van der Waals surface area contributed by atoms with E-state index in [1.54, 1.807) is 7.11 Å². The molecule has 110 valence electrons. The summed E-state index contributed by atoms with van der Waals surface area (Å²) in [5.41, 5.74) is 7.28. The first-order chi connectivity index (χ1) is 9.68. The number of hydrogen-bond donors (Lipinski definition) is 1. The Morgan fingerprint density at radius 2 is 2.10 bits per heavy atom. The molecule has 20 heavy (non-hydrogen) atoms. The lowest BCUT2D eigenvalue weighted by molar-refractivity contribution is 0.248. The van der Waals surface area contributed by atoms with Gasteiger partial charge in [0.2, 0.25) is 0 Å². The molecular weight excluding hydrogens is 274 g/mol. The maximum Gasteiger partial charge on any atom is 0.179 e. The van der Waals surface area contributed by atoms with Crippen LogP contribution >= 0.6 is 11.6 Å². The van der Waals surface area contributed by atoms with Crippen LogP contribution in [-0.2, 0) is 5.41 Å². The Kier molecular flexibility index (Phi) is 3.83. The van der Waals surface area contributed by atoms with Crippen molar-refractivity contribution in [3.05, 3.63) is 22.7 Å². The van der Waals surface area contributed by atoms with Crippen LogP contribution in [0.4, 0.5) is 0 Å². The third-order valence-electron chi connectivity index (χ3n) is 4.70. The summed E-state index contributed by atoms with van der Waals surface area (Å²) in [7, 11) is 1.63. The predicted molar refractivity (Wildman–Crippen MR) is 80.8 cm³/mol. The van der Waals surface area contributed by atoms with Gasteiger partial charge in [-0.1, -0.05) is 18.0 Å². The summed E-state index contributed by atoms with van der Waals surface area (Å²) in [6.45, 7) is 1.42. The average Bonchev–Trinajstić information content (AvgIpc) is 3.19. The summed E-state index contributed by atoms with van der Waals surface area (Å²) in [4.78, 5) is 0. The van der Waals surface area contributed by atoms with Crippen LogP contribution < -0.4 is 15.2 Å². The minimum absolute atomic E-state index is 0.0909. The van der Waals surface area contributed by atoms with Crippen molar-refractivity contribution in [2.75, 3.05) is 20.3 Å². The Labute approximate surface area is 125 Å². The molecule has 0 unspecified atom stereocenters. The molecule has 0 radical (unpaired) electrons. The number of nitrogens with two attached hydrogens (primary N) is 1. The zero-order chi connectivity index (χ0) is 14.2. The van der Waals surface area contributed by atoms with E-state index in [0.717, 1.165) is 25.2 Å². The molecule has 1 aromatic carbocycles. The van der Waals surface area contributed by atoms with Crippen LogP contribution in [0, 0.1) is 5.92 Å². The van der Waals surface area contributed by atoms with Gasteiger partial charge in [-0.25, -0.2) is 0 Å². The highest BCUT2D eigenvalue weighted by molar-refractivity contribution is 6.32. The molecular formula is C16H22ClNO2. The molecule has 4 heteroatoms. The van der Waals surface area contributed by atoms with Crippen molar-refractivity contribution in [1.82, 2.24) is 0 Å². The smallest absolute Gasteiger partial charge is 0.179 e. The Balaban J connectivity index is 1.90. The number of methoxy groups -OCH3 is 1. The van der Waals surface area contributed by atoms with Gasteiger partial charge in [0.1, 0.15) is 0 Å². The predicted octanol–water partition coefficient (Wildman–Crippen LogP) is 3.52. The molecule has 0 aliphatic heterocycles. The molecule has 0 atom stereocenters. The second-order valence-corrected chi connectivity index (χ2v) is 6.49. The molecule has 0 aromatic heterocycles. The normalized spacial score (nSPS) is 20.4. The zero-order valence-electron chi connectivity index (χ0n) is 12.0. The molecule has 0 spiro atoms. The fraction of sp³-hybridized carbons (Fsp3) is 0.625. The number of halogens is 1. The number of ether oxygens (including phenoxy) is 2. The number of hydrogen-bond acceptors (Lipinski definition) is 3. The first-order valence-electron chi connectivity index (χ1n) is 7.39. The van der Waals surface area contributed by atoms with E-state index in [9.17, 15) is 0 Å². The summed E-state index contributed by atoms with van der Waals surface area (Å²) >= 11 is 6.36. The molecule has 3 rings (SSSR count). The largest absolute Gasteiger partial charge is 0.491 e. The van der Waals surface area contributed by atoms with Gasteiger partial charge in [0.15, 0.2) is 11.5 Å². The van der Waals surface area contributed by atoms with Gasteiger partial charge in [0, 0.05) is 12.0 Å². The van der Waals surface area contributed by atoms with Gasteiger partial charge in [-0.05, 0) is 49.3 Å². The van der Waals surface area contributed by atoms with E-state index in [1.807, 2.05) is 6.07 Å². The second kappa shape index (κ2) is 5.45. The van der Waals surface area contributed by atoms with Gasteiger partial charge in [0.25, 0.3) is 0 Å². The Bertz CT molecular complexity index is 490. The maximum absolute atomic E-state index is 6.36. The van der Waals surface area contributed by atoms with Gasteiger partial charge in [0.05, 0.1) is 18.7 Å². The van der Waals surface area contributed by atoms with Crippen LogP contribution in [0.5, 0.6) is 11.5 Å². The minimum atomic E-state index is 0.0909. The third kappa shape index (κ3) is 2.49. The lowest BCUT2D eigenvalue weighted by Crippen LogP contribution is -2.41. The molecule has 1 aromatic rings. The average molecular weight is 296 g/mol. The van der Waals surface area contributed by atoms with Crippen molar-refractivity contribution in [2.24, 2.45) is 11.7 Å². The van der Waals surface area contributed by atoms with Gasteiger partial charge < -0.3 is 15.2 Å². The van der Waals surface area contributed by atoms with Gasteiger partial charge >= 0.3 is 0 Å². The lowest BCUT2D eigenvalue weighted by atomic mass is 9.64. The first kappa shape index (κ1) is 14.0. The van der Waals surface area contributed by atoms with Crippen LogP contribution in [0.3, 0.4) is 0 Å². The van der Waals surface area contributed by atoms with Gasteiger partial charge in [-0.3, -0.25) is 0 Å². The minimum Gasteiger partial charge on any atom is -0.491 e. The van der Waals surface area contributed by atoms with Crippen molar-refractivity contribution in [1.29, 1.82) is 0 Å². The van der Waals surface area contributed by atoms with Crippen LogP contribution in [0.25, 0.3) is 0 Å². The molecule has 3 nitrogen and oxygen atoms in total. The molecule has 2 aliphatic rings. The molecule has 2 aliphatic carbocycles. The van der Waals surface area contributed by atoms with Crippen molar-refractivity contribution >= 4 is 11.6 Å². The van der Waals surface area contributed by atoms with E-state index >= 15 is 0 Å². The van der Waals surface area contributed by atoms with E-state index < -0.39 is 0 Å². The Morgan fingerprint density at radius 3 is 2.60 bits per heavy atom. The van der Waals surface area contributed by atoms with E-state index in [4.69, 9.17) is 26.8 Å². The fourth-order valence-corrected chi connectivity index (χ4v) is 3.17. The highest BCUT2D eigenvalue weighted by Gasteiger charge is 2.38. The van der Waals surface area contributed by atoms with Crippen LogP contribution in [0.15, 0.2) is 12.1 Å². The molecule has 2 fully saturated rings. The monoisotopic (exact) mass is 295 g/mol. The van der Waals surface area contributed by atoms with Crippen LogP contribution in [0.2, 0.25) is 5.02 Å². The summed E-state index contributed by atoms with van der Waals surface area (Å²) in [6.07, 6.45) is 6.03. The standard InChI is InChI=1S/C16H22ClNO2/c1-19-15-13(17)7-12(16(10-18)5-2-6-16)8-14(15)20-9-11-3-4-11/h7-8,11H,2-6,9-10,18H2,1H3. The van der Waals surface area contributed by atoms with Crippen LogP contribution in [-0.4, -0.2) is 20.3 Å². The zero-order valence-corrected chi connectivity index (χ0v) is 12.7. The van der Waals surface area contributed by atoms with Crippen molar-refractivity contribution in [3.63, 3.8) is 0 Å². The Morgan fingerprint density at radius 1 is 1.35 bits per heavy atom. The van der Waals surface area contributed by atoms with Crippen molar-refractivity contribution in [2.45, 2.75) is 37.5 Å². The van der Waals surface area contributed by atoms with Gasteiger partial charge in [-0.2, -0.15) is 0 Å². The van der Waals surface area contributed by atoms with Crippen LogP contribution in [0.1, 0.15) is 37.7 Å². The van der Waals surface area contributed by atoms with Crippen molar-refractivity contribution < 1.29 is 9.47 Å². The van der Waals surface area contributed by atoms with E-state index in [2.05, 4.69) is 6.07 Å². The quantitative estimate of drug-likeness (QED) is 0.873. The second-order valence-electron chi connectivity index (χ2n) is 6.08. The SMILES string of the molecule is COc1c(Cl)cc(C2(CN)CCC2)cc1OCC1CC1. The van der Waals surface area contributed by atoms with Crippen molar-refractivity contribution in [3.8, 4) is 11.5 Å². The summed E-state index contributed by atoms with van der Waals surface area (Å²) < 4.78 is 11.3. The highest BCUT2D eigenvalue weighted by atomic mass is 35.5. The molecule has 2 saturated carbocycles. The van der Waals surface area contributed by atoms with E-state index in [1.165, 1.54) is 24.8 Å². The summed E-state index contributed by atoms with van der Waals surface area (Å²) in [5.74, 6) is 2.11. The molecule has 2 N–H and O–H groups in total. The molecule has 0 bridgehead atoms. The number of rotatable bonds is 6.